The maximum absolute atomic E-state index is 12.7. The Hall–Kier alpha value is -3.39. The lowest BCUT2D eigenvalue weighted by atomic mass is 10.1. The number of ether oxygens (including phenoxy) is 1. The number of halogens is 1. The molecule has 166 valence electrons. The zero-order valence-corrected chi connectivity index (χ0v) is 18.4. The van der Waals surface area contributed by atoms with Crippen molar-refractivity contribution in [3.63, 3.8) is 0 Å². The number of carbonyl (C=O) groups is 2. The van der Waals surface area contributed by atoms with Gasteiger partial charge in [-0.2, -0.15) is 4.98 Å². The number of aromatic nitrogens is 2. The number of nitrogens with zero attached hydrogens (tertiary/aromatic N) is 4. The Balaban J connectivity index is 1.28. The van der Waals surface area contributed by atoms with Crippen molar-refractivity contribution in [1.82, 2.24) is 19.9 Å². The lowest BCUT2D eigenvalue weighted by molar-refractivity contribution is -0.143. The van der Waals surface area contributed by atoms with Crippen LogP contribution in [0, 0.1) is 0 Å². The number of benzene rings is 2. The van der Waals surface area contributed by atoms with E-state index in [1.807, 2.05) is 37.3 Å². The van der Waals surface area contributed by atoms with Gasteiger partial charge in [-0.05, 0) is 43.3 Å². The third kappa shape index (κ3) is 5.26. The minimum atomic E-state index is -0.126. The molecule has 8 nitrogen and oxygen atoms in total. The lowest BCUT2D eigenvalue weighted by Gasteiger charge is -2.39. The number of hydrogen-bond acceptors (Lipinski definition) is 6. The highest BCUT2D eigenvalue weighted by molar-refractivity contribution is 6.30. The predicted molar refractivity (Wildman–Crippen MR) is 118 cm³/mol. The predicted octanol–water partition coefficient (Wildman–Crippen LogP) is 3.07. The summed E-state index contributed by atoms with van der Waals surface area (Å²) in [6.45, 7) is 3.18. The Morgan fingerprint density at radius 1 is 1.09 bits per heavy atom. The van der Waals surface area contributed by atoms with Crippen LogP contribution in [0.2, 0.25) is 5.02 Å². The maximum atomic E-state index is 12.7. The number of carbonyl (C=O) groups excluding carboxylic acids is 2. The van der Waals surface area contributed by atoms with Crippen LogP contribution >= 0.6 is 11.6 Å². The van der Waals surface area contributed by atoms with Gasteiger partial charge in [-0.25, -0.2) is 0 Å². The van der Waals surface area contributed by atoms with E-state index in [1.165, 1.54) is 0 Å². The first-order chi connectivity index (χ1) is 15.5. The van der Waals surface area contributed by atoms with Crippen LogP contribution in [0.4, 0.5) is 0 Å². The molecule has 4 rings (SSSR count). The monoisotopic (exact) mass is 454 g/mol. The van der Waals surface area contributed by atoms with Crippen LogP contribution in [0.25, 0.3) is 11.5 Å². The summed E-state index contributed by atoms with van der Waals surface area (Å²) in [5, 5.41) is 4.53. The molecule has 32 heavy (non-hydrogen) atoms. The Morgan fingerprint density at radius 2 is 1.84 bits per heavy atom. The van der Waals surface area contributed by atoms with E-state index in [2.05, 4.69) is 10.1 Å². The van der Waals surface area contributed by atoms with Gasteiger partial charge in [0.05, 0.1) is 6.42 Å². The molecule has 9 heteroatoms. The fourth-order valence-corrected chi connectivity index (χ4v) is 3.71. The Labute approximate surface area is 190 Å². The van der Waals surface area contributed by atoms with Gasteiger partial charge in [0.15, 0.2) is 12.4 Å². The molecule has 2 heterocycles. The zero-order valence-electron chi connectivity index (χ0n) is 17.6. The van der Waals surface area contributed by atoms with Crippen LogP contribution in [0.15, 0.2) is 59.1 Å². The maximum Gasteiger partial charge on any atom is 0.260 e. The number of hydrogen-bond donors (Lipinski definition) is 0. The highest BCUT2D eigenvalue weighted by atomic mass is 35.5. The molecule has 3 aromatic rings. The van der Waals surface area contributed by atoms with Crippen molar-refractivity contribution >= 4 is 23.4 Å². The largest absolute Gasteiger partial charge is 0.484 e. The summed E-state index contributed by atoms with van der Waals surface area (Å²) >= 11 is 5.86. The van der Waals surface area contributed by atoms with Gasteiger partial charge < -0.3 is 19.1 Å². The van der Waals surface area contributed by atoms with Gasteiger partial charge in [0.1, 0.15) is 5.75 Å². The third-order valence-electron chi connectivity index (χ3n) is 5.27. The van der Waals surface area contributed by atoms with Crippen molar-refractivity contribution in [2.75, 3.05) is 26.2 Å². The van der Waals surface area contributed by atoms with Crippen molar-refractivity contribution in [3.05, 3.63) is 65.4 Å². The zero-order chi connectivity index (χ0) is 22.5. The van der Waals surface area contributed by atoms with Crippen LogP contribution in [-0.4, -0.2) is 64.0 Å². The topological polar surface area (TPSA) is 88.8 Å². The van der Waals surface area contributed by atoms with Crippen LogP contribution in [0.3, 0.4) is 0 Å². The molecule has 1 aliphatic rings. The first-order valence-electron chi connectivity index (χ1n) is 10.3. The average molecular weight is 455 g/mol. The van der Waals surface area contributed by atoms with E-state index in [1.54, 1.807) is 34.1 Å². The van der Waals surface area contributed by atoms with Crippen molar-refractivity contribution in [2.24, 2.45) is 0 Å². The standard InChI is InChI=1S/C23H23ClN4O4/c1-16-14-27(11-12-28(16)22(30)15-31-19-9-7-18(24)8-10-19)21(29)13-20-25-23(32-26-20)17-5-3-2-4-6-17/h2-10,16H,11-15H2,1H3. The molecule has 0 saturated carbocycles. The molecule has 1 aromatic heterocycles. The molecule has 1 fully saturated rings. The quantitative estimate of drug-likeness (QED) is 0.568. The van der Waals surface area contributed by atoms with Crippen LogP contribution in [0.1, 0.15) is 12.7 Å². The molecule has 1 atom stereocenters. The van der Waals surface area contributed by atoms with E-state index in [4.69, 9.17) is 20.9 Å². The normalized spacial score (nSPS) is 16.1. The van der Waals surface area contributed by atoms with E-state index in [-0.39, 0.29) is 30.9 Å². The van der Waals surface area contributed by atoms with Gasteiger partial charge in [0, 0.05) is 36.3 Å². The van der Waals surface area contributed by atoms with Crippen molar-refractivity contribution in [2.45, 2.75) is 19.4 Å². The molecule has 0 bridgehead atoms. The SMILES string of the molecule is CC1CN(C(=O)Cc2noc(-c3ccccc3)n2)CCN1C(=O)COc1ccc(Cl)cc1. The molecular formula is C23H23ClN4O4. The molecule has 1 aliphatic heterocycles. The summed E-state index contributed by atoms with van der Waals surface area (Å²) in [7, 11) is 0. The summed E-state index contributed by atoms with van der Waals surface area (Å²) in [5.74, 6) is 1.10. The Bertz CT molecular complexity index is 1070. The number of rotatable bonds is 6. The summed E-state index contributed by atoms with van der Waals surface area (Å²) in [6, 6.07) is 16.1. The van der Waals surface area contributed by atoms with Gasteiger partial charge in [-0.1, -0.05) is 35.0 Å². The van der Waals surface area contributed by atoms with Crippen LogP contribution in [-0.2, 0) is 16.0 Å². The first kappa shape index (κ1) is 21.8. The highest BCUT2D eigenvalue weighted by Crippen LogP contribution is 2.18. The van der Waals surface area contributed by atoms with Gasteiger partial charge >= 0.3 is 0 Å². The van der Waals surface area contributed by atoms with Gasteiger partial charge in [0.25, 0.3) is 11.8 Å². The minimum Gasteiger partial charge on any atom is -0.484 e. The van der Waals surface area contributed by atoms with Crippen molar-refractivity contribution in [3.8, 4) is 17.2 Å². The van der Waals surface area contributed by atoms with E-state index in [0.29, 0.717) is 42.1 Å². The van der Waals surface area contributed by atoms with Crippen LogP contribution in [0.5, 0.6) is 5.75 Å². The summed E-state index contributed by atoms with van der Waals surface area (Å²) in [4.78, 5) is 33.1. The van der Waals surface area contributed by atoms with E-state index >= 15 is 0 Å². The average Bonchev–Trinajstić information content (AvgIpc) is 3.27. The van der Waals surface area contributed by atoms with E-state index < -0.39 is 0 Å². The fourth-order valence-electron chi connectivity index (χ4n) is 3.58. The summed E-state index contributed by atoms with van der Waals surface area (Å²) in [6.07, 6.45) is 0.0523. The smallest absolute Gasteiger partial charge is 0.260 e. The van der Waals surface area contributed by atoms with Crippen molar-refractivity contribution in [1.29, 1.82) is 0 Å². The second-order valence-electron chi connectivity index (χ2n) is 7.58. The lowest BCUT2D eigenvalue weighted by Crippen LogP contribution is -2.56. The highest BCUT2D eigenvalue weighted by Gasteiger charge is 2.30. The second kappa shape index (κ2) is 9.82. The molecule has 0 spiro atoms. The van der Waals surface area contributed by atoms with Gasteiger partial charge in [-0.15, -0.1) is 0 Å². The van der Waals surface area contributed by atoms with Crippen LogP contribution < -0.4 is 4.74 Å². The number of piperazine rings is 1. The molecule has 0 radical (unpaired) electrons. The first-order valence-corrected chi connectivity index (χ1v) is 10.7. The number of amides is 2. The third-order valence-corrected chi connectivity index (χ3v) is 5.53. The van der Waals surface area contributed by atoms with Gasteiger partial charge in [-0.3, -0.25) is 9.59 Å². The summed E-state index contributed by atoms with van der Waals surface area (Å²) < 4.78 is 10.8. The molecule has 1 unspecified atom stereocenters. The molecule has 2 aromatic carbocycles. The summed E-state index contributed by atoms with van der Waals surface area (Å²) in [5.41, 5.74) is 0.806. The second-order valence-corrected chi connectivity index (χ2v) is 8.01. The molecule has 2 amide bonds. The van der Waals surface area contributed by atoms with Crippen molar-refractivity contribution < 1.29 is 18.8 Å². The minimum absolute atomic E-state index is 0.0523. The fraction of sp³-hybridized carbons (Fsp3) is 0.304. The van der Waals surface area contributed by atoms with Gasteiger partial charge in [0.2, 0.25) is 5.91 Å². The van der Waals surface area contributed by atoms with E-state index in [0.717, 1.165) is 5.56 Å². The molecule has 0 aliphatic carbocycles. The Kier molecular flexibility index (Phi) is 6.70. The molecular weight excluding hydrogens is 432 g/mol. The molecule has 1 saturated heterocycles. The van der Waals surface area contributed by atoms with E-state index in [9.17, 15) is 9.59 Å². The Morgan fingerprint density at radius 3 is 2.56 bits per heavy atom. The molecule has 0 N–H and O–H groups in total.